The Labute approximate surface area is 141 Å². The number of alkyl halides is 3. The summed E-state index contributed by atoms with van der Waals surface area (Å²) in [6, 6.07) is 1.95. The first-order valence-electron chi connectivity index (χ1n) is 6.29. The number of nitrogens with zero attached hydrogens (tertiary/aromatic N) is 1. The van der Waals surface area contributed by atoms with E-state index in [1.54, 1.807) is 0 Å². The molecule has 0 spiro atoms. The van der Waals surface area contributed by atoms with Crippen LogP contribution in [0.4, 0.5) is 13.2 Å². The molecule has 1 aromatic rings. The summed E-state index contributed by atoms with van der Waals surface area (Å²) in [4.78, 5) is 13.1. The molecule has 2 rings (SSSR count). The zero-order chi connectivity index (χ0) is 15.8. The lowest BCUT2D eigenvalue weighted by atomic mass is 9.97. The highest BCUT2D eigenvalue weighted by Crippen LogP contribution is 2.34. The van der Waals surface area contributed by atoms with Crippen LogP contribution in [0, 0.1) is 0 Å². The van der Waals surface area contributed by atoms with E-state index in [1.807, 2.05) is 0 Å². The molecular formula is C13H14Cl3F3N2O. The van der Waals surface area contributed by atoms with Crippen LogP contribution < -0.4 is 5.73 Å². The topological polar surface area (TPSA) is 46.3 Å². The van der Waals surface area contributed by atoms with Crippen LogP contribution in [0.15, 0.2) is 18.2 Å². The highest BCUT2D eigenvalue weighted by Gasteiger charge is 2.47. The van der Waals surface area contributed by atoms with E-state index in [-0.39, 0.29) is 47.4 Å². The first-order chi connectivity index (χ1) is 9.71. The van der Waals surface area contributed by atoms with Gasteiger partial charge in [0.2, 0.25) is 0 Å². The summed E-state index contributed by atoms with van der Waals surface area (Å²) in [5, 5.41) is 0.0663. The normalized spacial score (nSPS) is 22.2. The smallest absolute Gasteiger partial charge is 0.326 e. The highest BCUT2D eigenvalue weighted by atomic mass is 35.5. The van der Waals surface area contributed by atoms with E-state index in [2.05, 4.69) is 0 Å². The number of halogens is 6. The Morgan fingerprint density at radius 3 is 2.50 bits per heavy atom. The Hall–Kier alpha value is -0.690. The number of likely N-dealkylation sites (tertiary alicyclic amines) is 1. The largest absolute Gasteiger partial charge is 0.408 e. The molecule has 3 nitrogen and oxygen atoms in total. The summed E-state index contributed by atoms with van der Waals surface area (Å²) in [5.74, 6) is -0.806. The molecular weight excluding hydrogens is 364 g/mol. The van der Waals surface area contributed by atoms with Crippen LogP contribution in [0.2, 0.25) is 10.0 Å². The molecule has 9 heteroatoms. The van der Waals surface area contributed by atoms with Gasteiger partial charge in [0.15, 0.2) is 0 Å². The Morgan fingerprint density at radius 1 is 1.27 bits per heavy atom. The Morgan fingerprint density at radius 2 is 1.91 bits per heavy atom. The number of carbonyl (C=O) groups excluding carboxylic acids is 1. The van der Waals surface area contributed by atoms with Crippen LogP contribution in [0.5, 0.6) is 0 Å². The van der Waals surface area contributed by atoms with E-state index >= 15 is 0 Å². The van der Waals surface area contributed by atoms with Gasteiger partial charge in [-0.3, -0.25) is 4.79 Å². The molecule has 2 N–H and O–H groups in total. The van der Waals surface area contributed by atoms with E-state index in [1.165, 1.54) is 18.2 Å². The van der Waals surface area contributed by atoms with Crippen molar-refractivity contribution in [3.05, 3.63) is 33.8 Å². The molecule has 1 amide bonds. The third-order valence-corrected chi connectivity index (χ3v) is 4.26. The van der Waals surface area contributed by atoms with Crippen molar-refractivity contribution in [1.29, 1.82) is 0 Å². The van der Waals surface area contributed by atoms with Crippen molar-refractivity contribution in [3.8, 4) is 0 Å². The SMILES string of the molecule is Cl.NC1CCC(C(F)(F)F)N(C(=O)c2cccc(Cl)c2Cl)C1. The lowest BCUT2D eigenvalue weighted by Gasteiger charge is -2.39. The Kier molecular flexibility index (Phi) is 6.38. The van der Waals surface area contributed by atoms with Crippen LogP contribution in [-0.2, 0) is 0 Å². The van der Waals surface area contributed by atoms with Crippen molar-refractivity contribution in [3.63, 3.8) is 0 Å². The van der Waals surface area contributed by atoms with Gasteiger partial charge in [-0.15, -0.1) is 12.4 Å². The summed E-state index contributed by atoms with van der Waals surface area (Å²) in [5.41, 5.74) is 5.65. The maximum atomic E-state index is 13.1. The fourth-order valence-electron chi connectivity index (χ4n) is 2.39. The van der Waals surface area contributed by atoms with Gasteiger partial charge in [-0.2, -0.15) is 13.2 Å². The summed E-state index contributed by atoms with van der Waals surface area (Å²) >= 11 is 11.7. The predicted octanol–water partition coefficient (Wildman–Crippen LogP) is 3.91. The van der Waals surface area contributed by atoms with Crippen LogP contribution >= 0.6 is 35.6 Å². The fraction of sp³-hybridized carbons (Fsp3) is 0.462. The van der Waals surface area contributed by atoms with Gasteiger partial charge in [-0.25, -0.2) is 0 Å². The standard InChI is InChI=1S/C13H13Cl2F3N2O.ClH/c14-9-3-1-2-8(11(9)15)12(21)20-6-7(19)4-5-10(20)13(16,17)18;/h1-3,7,10H,4-6,19H2;1H. The number of hydrogen-bond acceptors (Lipinski definition) is 2. The third kappa shape index (κ3) is 3.98. The van der Waals surface area contributed by atoms with Crippen molar-refractivity contribution in [2.24, 2.45) is 5.73 Å². The average Bonchev–Trinajstić information content (AvgIpc) is 2.39. The second kappa shape index (κ2) is 7.25. The molecule has 0 aromatic heterocycles. The van der Waals surface area contributed by atoms with Gasteiger partial charge in [-0.05, 0) is 25.0 Å². The summed E-state index contributed by atoms with van der Waals surface area (Å²) < 4.78 is 39.2. The average molecular weight is 378 g/mol. The van der Waals surface area contributed by atoms with E-state index in [9.17, 15) is 18.0 Å². The van der Waals surface area contributed by atoms with Crippen LogP contribution in [0.1, 0.15) is 23.2 Å². The maximum absolute atomic E-state index is 13.1. The first-order valence-corrected chi connectivity index (χ1v) is 7.04. The Bertz CT molecular complexity index is 554. The minimum Gasteiger partial charge on any atom is -0.326 e. The van der Waals surface area contributed by atoms with Gasteiger partial charge in [0.1, 0.15) is 6.04 Å². The van der Waals surface area contributed by atoms with Crippen LogP contribution in [-0.4, -0.2) is 35.6 Å². The second-order valence-corrected chi connectivity index (χ2v) is 5.74. The zero-order valence-corrected chi connectivity index (χ0v) is 13.6. The van der Waals surface area contributed by atoms with Crippen LogP contribution in [0.25, 0.3) is 0 Å². The number of nitrogens with two attached hydrogens (primary N) is 1. The van der Waals surface area contributed by atoms with Crippen molar-refractivity contribution in [2.75, 3.05) is 6.54 Å². The molecule has 1 fully saturated rings. The number of benzene rings is 1. The van der Waals surface area contributed by atoms with E-state index < -0.39 is 24.2 Å². The lowest BCUT2D eigenvalue weighted by Crippen LogP contribution is -2.56. The number of piperidine rings is 1. The molecule has 0 saturated carbocycles. The van der Waals surface area contributed by atoms with Gasteiger partial charge >= 0.3 is 6.18 Å². The Balaban J connectivity index is 0.00000242. The van der Waals surface area contributed by atoms with E-state index in [4.69, 9.17) is 28.9 Å². The van der Waals surface area contributed by atoms with E-state index in [0.29, 0.717) is 0 Å². The van der Waals surface area contributed by atoms with Crippen molar-refractivity contribution in [1.82, 2.24) is 4.90 Å². The van der Waals surface area contributed by atoms with Gasteiger partial charge in [0.25, 0.3) is 5.91 Å². The molecule has 0 aliphatic carbocycles. The quantitative estimate of drug-likeness (QED) is 0.806. The molecule has 2 unspecified atom stereocenters. The van der Waals surface area contributed by atoms with Crippen molar-refractivity contribution < 1.29 is 18.0 Å². The summed E-state index contributed by atoms with van der Waals surface area (Å²) in [6.07, 6.45) is -4.49. The first kappa shape index (κ1) is 19.4. The lowest BCUT2D eigenvalue weighted by molar-refractivity contribution is -0.184. The number of hydrogen-bond donors (Lipinski definition) is 1. The van der Waals surface area contributed by atoms with Gasteiger partial charge < -0.3 is 10.6 Å². The predicted molar refractivity (Wildman–Crippen MR) is 81.8 cm³/mol. The fourth-order valence-corrected chi connectivity index (χ4v) is 2.77. The van der Waals surface area contributed by atoms with Gasteiger partial charge in [0, 0.05) is 12.6 Å². The summed E-state index contributed by atoms with van der Waals surface area (Å²) in [7, 11) is 0. The molecule has 0 bridgehead atoms. The number of carbonyl (C=O) groups is 1. The van der Waals surface area contributed by atoms with Gasteiger partial charge in [0.05, 0.1) is 15.6 Å². The second-order valence-electron chi connectivity index (χ2n) is 4.95. The van der Waals surface area contributed by atoms with Crippen molar-refractivity contribution >= 4 is 41.5 Å². The monoisotopic (exact) mass is 376 g/mol. The molecule has 1 aromatic carbocycles. The van der Waals surface area contributed by atoms with Crippen LogP contribution in [0.3, 0.4) is 0 Å². The minimum absolute atomic E-state index is 0. The molecule has 1 saturated heterocycles. The molecule has 1 aliphatic heterocycles. The molecule has 124 valence electrons. The zero-order valence-electron chi connectivity index (χ0n) is 11.2. The van der Waals surface area contributed by atoms with Gasteiger partial charge in [-0.1, -0.05) is 29.3 Å². The highest BCUT2D eigenvalue weighted by molar-refractivity contribution is 6.43. The van der Waals surface area contributed by atoms with Crippen molar-refractivity contribution in [2.45, 2.75) is 31.1 Å². The molecule has 1 aliphatic rings. The number of rotatable bonds is 1. The molecule has 1 heterocycles. The number of amides is 1. The summed E-state index contributed by atoms with van der Waals surface area (Å²) in [6.45, 7) is -0.161. The van der Waals surface area contributed by atoms with E-state index in [0.717, 1.165) is 4.90 Å². The maximum Gasteiger partial charge on any atom is 0.408 e. The molecule has 22 heavy (non-hydrogen) atoms. The third-order valence-electron chi connectivity index (χ3n) is 3.44. The molecule has 2 atom stereocenters. The molecule has 0 radical (unpaired) electrons. The minimum atomic E-state index is -4.50.